The Kier molecular flexibility index (Phi) is 33.6. The molecule has 2 atom stereocenters. The first-order chi connectivity index (χ1) is 33.3. The van der Waals surface area contributed by atoms with Crippen LogP contribution in [0.15, 0.2) is 77.9 Å². The van der Waals surface area contributed by atoms with Crippen LogP contribution in [0.25, 0.3) is 6.08 Å². The molecule has 4 amide bonds. The first-order valence-electron chi connectivity index (χ1n) is 21.9. The predicted octanol–water partition coefficient (Wildman–Crippen LogP) is 8.04. The van der Waals surface area contributed by atoms with Crippen LogP contribution in [-0.2, 0) is 60.1 Å². The first kappa shape index (κ1) is 67.3. The number of halogens is 5. The largest absolute Gasteiger partial charge is 0.778 e. The summed E-state index contributed by atoms with van der Waals surface area (Å²) in [6, 6.07) is 10.8. The van der Waals surface area contributed by atoms with Crippen molar-refractivity contribution >= 4 is 130 Å². The average molecular weight is 1130 g/mol. The van der Waals surface area contributed by atoms with Crippen molar-refractivity contribution in [2.24, 2.45) is 0 Å². The van der Waals surface area contributed by atoms with E-state index in [0.717, 1.165) is 36.1 Å². The minimum absolute atomic E-state index is 0.0223. The van der Waals surface area contributed by atoms with E-state index < -0.39 is 37.2 Å². The van der Waals surface area contributed by atoms with Crippen molar-refractivity contribution in [2.75, 3.05) is 80.7 Å². The number of rotatable bonds is 19. The van der Waals surface area contributed by atoms with Gasteiger partial charge in [0.25, 0.3) is 17.7 Å². The zero-order chi connectivity index (χ0) is 54.6. The number of carboxylic acids is 1. The van der Waals surface area contributed by atoms with Gasteiger partial charge in [0.1, 0.15) is 18.5 Å². The van der Waals surface area contributed by atoms with Gasteiger partial charge in [-0.3, -0.25) is 29.3 Å². The van der Waals surface area contributed by atoms with Gasteiger partial charge < -0.3 is 38.7 Å². The summed E-state index contributed by atoms with van der Waals surface area (Å²) in [4.78, 5) is 91.5. The molecule has 1 aliphatic heterocycles. The highest BCUT2D eigenvalue weighted by Gasteiger charge is 2.39. The van der Waals surface area contributed by atoms with E-state index in [4.69, 9.17) is 77.5 Å². The molecular weight excluding hydrogens is 1060 g/mol. The molecular formula is C48H66Cl5N4O12PS. The van der Waals surface area contributed by atoms with Crippen molar-refractivity contribution in [2.45, 2.75) is 70.7 Å². The maximum Gasteiger partial charge on any atom is 0.349 e. The lowest BCUT2D eigenvalue weighted by atomic mass is 9.93. The molecule has 2 aliphatic rings. The van der Waals surface area contributed by atoms with Crippen LogP contribution < -0.4 is 20.0 Å². The lowest BCUT2D eigenvalue weighted by Crippen LogP contribution is -2.43. The minimum Gasteiger partial charge on any atom is -0.778 e. The number of alkyl halides is 3. The summed E-state index contributed by atoms with van der Waals surface area (Å²) in [6.45, 7) is 15.8. The third-order valence-electron chi connectivity index (χ3n) is 9.34. The van der Waals surface area contributed by atoms with E-state index in [1.54, 1.807) is 49.3 Å². The van der Waals surface area contributed by atoms with Crippen LogP contribution in [0.2, 0.25) is 5.02 Å². The number of nitrogens with one attached hydrogen (secondary N) is 1. The van der Waals surface area contributed by atoms with Gasteiger partial charge in [-0.25, -0.2) is 9.69 Å². The van der Waals surface area contributed by atoms with Gasteiger partial charge in [-0.2, -0.15) is 0 Å². The van der Waals surface area contributed by atoms with E-state index in [2.05, 4.69) is 44.9 Å². The van der Waals surface area contributed by atoms with E-state index in [-0.39, 0.29) is 47.2 Å². The molecule has 16 nitrogen and oxygen atoms in total. The molecule has 0 saturated heterocycles. The zero-order valence-electron chi connectivity index (χ0n) is 41.3. The molecule has 0 radical (unpaired) electrons. The van der Waals surface area contributed by atoms with Crippen LogP contribution in [0.1, 0.15) is 63.1 Å². The normalized spacial score (nSPS) is 14.2. The Hall–Kier alpha value is -3.71. The standard InChI is InChI=1S/C19H17Cl2NO4.C15H22ClNO2.C8H11Cl2NO.C3H8NO5P.C3H9S/c1-2-26-19(25)16(21)10-11-9-12(7-8-15(11)20)22-17(23)13-5-3-4-6-14(13)18(22)24;1-5-13-8-6-7-11(2)15(13)17(14(18)9-16)12(3)10-19-4;1-3-5-11(6-4-2)8(12)7(9)10;5-3(6)1-4-2-10(7,8)9;1-4(2)3/h7-10H,2-6H2,1H3;6-8,12H,5,9-10H2,1-4H3;3-4,7H,1-2,5-6H2;4H,1-2H2,(H,5,6)(H2,7,8,9);1-3H3/q;;;;+1/p-1/b16-10-;;;;. The molecule has 4 rings (SSSR count). The molecule has 0 fully saturated rings. The smallest absolute Gasteiger partial charge is 0.349 e. The molecule has 396 valence electrons. The number of aryl methyl sites for hydroxylation is 2. The molecule has 71 heavy (non-hydrogen) atoms. The van der Waals surface area contributed by atoms with E-state index in [1.165, 1.54) is 15.9 Å². The molecule has 23 heteroatoms. The monoisotopic (exact) mass is 1130 g/mol. The molecule has 1 aliphatic carbocycles. The Bertz CT molecular complexity index is 2200. The van der Waals surface area contributed by atoms with Gasteiger partial charge in [-0.1, -0.05) is 83.7 Å². The van der Waals surface area contributed by atoms with Gasteiger partial charge in [0, 0.05) is 36.4 Å². The van der Waals surface area contributed by atoms with E-state index >= 15 is 0 Å². The van der Waals surface area contributed by atoms with Crippen molar-refractivity contribution in [3.8, 4) is 0 Å². The quantitative estimate of drug-likeness (QED) is 0.0231. The van der Waals surface area contributed by atoms with Crippen LogP contribution in [0.5, 0.6) is 0 Å². The maximum absolute atomic E-state index is 12.7. The van der Waals surface area contributed by atoms with Gasteiger partial charge in [0.15, 0.2) is 4.84 Å². The number of aliphatic carboxylic acids is 1. The Morgan fingerprint density at radius 2 is 1.56 bits per heavy atom. The number of nitrogens with zero attached hydrogens (tertiary/aromatic N) is 3. The summed E-state index contributed by atoms with van der Waals surface area (Å²) >= 11 is 28.7. The molecule has 2 aromatic rings. The van der Waals surface area contributed by atoms with Gasteiger partial charge in [0.05, 0.1) is 62.2 Å². The third-order valence-corrected chi connectivity index (χ3v) is 11.2. The Morgan fingerprint density at radius 3 is 2.00 bits per heavy atom. The van der Waals surface area contributed by atoms with E-state index in [1.807, 2.05) is 31.3 Å². The van der Waals surface area contributed by atoms with Crippen LogP contribution in [0.3, 0.4) is 0 Å². The van der Waals surface area contributed by atoms with Crippen molar-refractivity contribution in [3.63, 3.8) is 0 Å². The second-order valence-corrected chi connectivity index (χ2v) is 21.8. The number of ether oxygens (including phenoxy) is 2. The zero-order valence-corrected chi connectivity index (χ0v) is 46.8. The number of para-hydroxylation sites is 1. The number of esters is 1. The highest BCUT2D eigenvalue weighted by atomic mass is 35.5. The molecule has 1 heterocycles. The summed E-state index contributed by atoms with van der Waals surface area (Å²) in [7, 11) is -2.07. The Labute approximate surface area is 445 Å². The Balaban J connectivity index is 0.000000956. The van der Waals surface area contributed by atoms with Crippen molar-refractivity contribution in [3.05, 3.63) is 99.6 Å². The first-order valence-corrected chi connectivity index (χ1v) is 28.3. The van der Waals surface area contributed by atoms with Gasteiger partial charge >= 0.3 is 11.9 Å². The van der Waals surface area contributed by atoms with Crippen molar-refractivity contribution in [1.29, 1.82) is 0 Å². The summed E-state index contributed by atoms with van der Waals surface area (Å²) < 4.78 is 20.0. The number of imide groups is 1. The fourth-order valence-corrected chi connectivity index (χ4v) is 7.62. The topological polar surface area (TPSA) is 223 Å². The van der Waals surface area contributed by atoms with Gasteiger partial charge in [0.2, 0.25) is 5.91 Å². The predicted molar refractivity (Wildman–Crippen MR) is 288 cm³/mol. The third kappa shape index (κ3) is 24.7. The number of amides is 4. The molecule has 2 aromatic carbocycles. The number of methoxy groups -OCH3 is 1. The van der Waals surface area contributed by atoms with E-state index in [0.29, 0.717) is 70.9 Å². The fourth-order valence-electron chi connectivity index (χ4n) is 6.48. The molecule has 0 saturated carbocycles. The number of carbonyl (C=O) groups excluding carboxylic acids is 5. The van der Waals surface area contributed by atoms with Crippen molar-refractivity contribution < 1.29 is 57.7 Å². The number of hydrogen-bond donors (Lipinski definition) is 3. The lowest BCUT2D eigenvalue weighted by molar-refractivity contribution is -0.193. The van der Waals surface area contributed by atoms with Crippen molar-refractivity contribution in [1.82, 2.24) is 10.2 Å². The minimum atomic E-state index is -4.35. The van der Waals surface area contributed by atoms with Crippen LogP contribution >= 0.6 is 65.6 Å². The maximum atomic E-state index is 12.7. The number of benzene rings is 2. The second kappa shape index (κ2) is 35.4. The molecule has 0 aromatic heterocycles. The van der Waals surface area contributed by atoms with Crippen LogP contribution in [0.4, 0.5) is 11.4 Å². The summed E-state index contributed by atoms with van der Waals surface area (Å²) in [6.07, 6.45) is 14.4. The Morgan fingerprint density at radius 1 is 1.01 bits per heavy atom. The lowest BCUT2D eigenvalue weighted by Gasteiger charge is -2.31. The van der Waals surface area contributed by atoms with Crippen LogP contribution in [0, 0.1) is 6.92 Å². The number of anilines is 2. The van der Waals surface area contributed by atoms with E-state index in [9.17, 15) is 38.2 Å². The highest BCUT2D eigenvalue weighted by molar-refractivity contribution is 7.94. The number of hydrogen-bond acceptors (Lipinski definition) is 11. The van der Waals surface area contributed by atoms with Gasteiger partial charge in [-0.05, 0) is 105 Å². The molecule has 3 N–H and O–H groups in total. The SMILES string of the molecule is C=CCN(CC=C)C(=O)C(Cl)Cl.CCOC(=O)/C(Cl)=C/c1cc(N2C(=O)C3=C(CCCC3)C2=O)ccc1Cl.CCc1cccc(C)c1N(C(=O)CCl)C(C)COC.C[S+](C)C.O=C(O)CNCP(=O)([O-])O. The second-order valence-electron chi connectivity index (χ2n) is 15.6. The van der Waals surface area contributed by atoms with Crippen LogP contribution in [-0.4, -0.2) is 132 Å². The summed E-state index contributed by atoms with van der Waals surface area (Å²) in [5.74, 6) is -2.83. The molecule has 0 spiro atoms. The molecule has 2 unspecified atom stereocenters. The number of carbonyl (C=O) groups is 6. The average Bonchev–Trinajstić information content (AvgIpc) is 3.55. The fraction of sp³-hybridized carbons (Fsp3) is 0.458. The molecule has 0 bridgehead atoms. The van der Waals surface area contributed by atoms with Gasteiger partial charge in [-0.15, -0.1) is 24.8 Å². The highest BCUT2D eigenvalue weighted by Crippen LogP contribution is 2.37. The summed E-state index contributed by atoms with van der Waals surface area (Å²) in [5, 5.41) is 10.2. The summed E-state index contributed by atoms with van der Waals surface area (Å²) in [5.41, 5.74) is 5.25. The number of carboxylic acid groups (broad SMARTS) is 1.